The highest BCUT2D eigenvalue weighted by Crippen LogP contribution is 2.35. The van der Waals surface area contributed by atoms with E-state index < -0.39 is 6.04 Å². The minimum absolute atomic E-state index is 0.0607. The van der Waals surface area contributed by atoms with Gasteiger partial charge in [0.25, 0.3) is 0 Å². The van der Waals surface area contributed by atoms with Crippen molar-refractivity contribution in [3.63, 3.8) is 0 Å². The van der Waals surface area contributed by atoms with Crippen molar-refractivity contribution in [1.82, 2.24) is 5.32 Å². The SMILES string of the molecule is CCCN1CCC(NC(=O)C(N)Cc2c(C)cc(O)cc2C)c2cc(Cc3ccccc3)ccc21. The summed E-state index contributed by atoms with van der Waals surface area (Å²) in [6.07, 6.45) is 3.25. The molecule has 2 atom stereocenters. The van der Waals surface area contributed by atoms with E-state index >= 15 is 0 Å². The minimum Gasteiger partial charge on any atom is -0.508 e. The smallest absolute Gasteiger partial charge is 0.237 e. The monoisotopic (exact) mass is 471 g/mol. The van der Waals surface area contributed by atoms with Gasteiger partial charge in [0.15, 0.2) is 0 Å². The molecule has 5 nitrogen and oxygen atoms in total. The van der Waals surface area contributed by atoms with Gasteiger partial charge in [-0.3, -0.25) is 4.79 Å². The van der Waals surface area contributed by atoms with Crippen LogP contribution in [0.15, 0.2) is 60.7 Å². The number of carbonyl (C=O) groups is 1. The fourth-order valence-electron chi connectivity index (χ4n) is 5.21. The quantitative estimate of drug-likeness (QED) is 0.434. The number of nitrogens with two attached hydrogens (primary N) is 1. The first-order valence-corrected chi connectivity index (χ1v) is 12.6. The van der Waals surface area contributed by atoms with E-state index in [9.17, 15) is 9.90 Å². The summed E-state index contributed by atoms with van der Waals surface area (Å²) in [5.41, 5.74) is 14.2. The van der Waals surface area contributed by atoms with Crippen LogP contribution in [0.2, 0.25) is 0 Å². The number of benzene rings is 3. The molecule has 0 bridgehead atoms. The van der Waals surface area contributed by atoms with Crippen LogP contribution in [-0.4, -0.2) is 30.1 Å². The highest BCUT2D eigenvalue weighted by Gasteiger charge is 2.28. The van der Waals surface area contributed by atoms with Crippen molar-refractivity contribution in [3.05, 3.63) is 94.0 Å². The van der Waals surface area contributed by atoms with Crippen LogP contribution in [0.4, 0.5) is 5.69 Å². The second kappa shape index (κ2) is 11.0. The number of nitrogens with one attached hydrogen (secondary N) is 1. The van der Waals surface area contributed by atoms with Crippen molar-refractivity contribution >= 4 is 11.6 Å². The maximum atomic E-state index is 13.2. The molecule has 5 heteroatoms. The van der Waals surface area contributed by atoms with E-state index in [4.69, 9.17) is 5.73 Å². The van der Waals surface area contributed by atoms with E-state index in [0.29, 0.717) is 6.42 Å². The first-order valence-electron chi connectivity index (χ1n) is 12.6. The van der Waals surface area contributed by atoms with Crippen LogP contribution < -0.4 is 16.0 Å². The first-order chi connectivity index (χ1) is 16.9. The first kappa shape index (κ1) is 24.8. The number of hydrogen-bond donors (Lipinski definition) is 3. The van der Waals surface area contributed by atoms with Gasteiger partial charge in [0.05, 0.1) is 12.1 Å². The zero-order valence-electron chi connectivity index (χ0n) is 21.1. The van der Waals surface area contributed by atoms with E-state index in [1.165, 1.54) is 22.4 Å². The molecule has 1 heterocycles. The van der Waals surface area contributed by atoms with Crippen LogP contribution in [0, 0.1) is 13.8 Å². The lowest BCUT2D eigenvalue weighted by Crippen LogP contribution is -2.46. The molecule has 0 aliphatic carbocycles. The molecule has 0 radical (unpaired) electrons. The van der Waals surface area contributed by atoms with E-state index in [-0.39, 0.29) is 17.7 Å². The summed E-state index contributed by atoms with van der Waals surface area (Å²) in [5.74, 6) is 0.105. The van der Waals surface area contributed by atoms with Gasteiger partial charge in [-0.15, -0.1) is 0 Å². The van der Waals surface area contributed by atoms with Gasteiger partial charge in [-0.05, 0) is 91.1 Å². The molecule has 0 saturated carbocycles. The number of aromatic hydroxyl groups is 1. The van der Waals surface area contributed by atoms with Gasteiger partial charge in [-0.2, -0.15) is 0 Å². The molecule has 3 aromatic carbocycles. The van der Waals surface area contributed by atoms with Gasteiger partial charge < -0.3 is 21.1 Å². The number of rotatable bonds is 8. The van der Waals surface area contributed by atoms with Crippen molar-refractivity contribution in [2.75, 3.05) is 18.0 Å². The minimum atomic E-state index is -0.651. The van der Waals surface area contributed by atoms with E-state index in [0.717, 1.165) is 49.0 Å². The van der Waals surface area contributed by atoms with Crippen LogP contribution in [-0.2, 0) is 17.6 Å². The fourth-order valence-corrected chi connectivity index (χ4v) is 5.21. The number of anilines is 1. The Morgan fingerprint density at radius 1 is 1.09 bits per heavy atom. The zero-order chi connectivity index (χ0) is 24.9. The van der Waals surface area contributed by atoms with Gasteiger partial charge in [0.1, 0.15) is 5.75 Å². The predicted molar refractivity (Wildman–Crippen MR) is 143 cm³/mol. The molecule has 0 saturated heterocycles. The molecule has 1 aliphatic heterocycles. The van der Waals surface area contributed by atoms with E-state index in [1.54, 1.807) is 12.1 Å². The summed E-state index contributed by atoms with van der Waals surface area (Å²) in [5, 5.41) is 13.1. The van der Waals surface area contributed by atoms with Crippen molar-refractivity contribution in [3.8, 4) is 5.75 Å². The summed E-state index contributed by atoms with van der Waals surface area (Å²) >= 11 is 0. The summed E-state index contributed by atoms with van der Waals surface area (Å²) < 4.78 is 0. The number of hydrogen-bond acceptors (Lipinski definition) is 4. The van der Waals surface area contributed by atoms with Crippen molar-refractivity contribution in [1.29, 1.82) is 0 Å². The van der Waals surface area contributed by atoms with Crippen LogP contribution >= 0.6 is 0 Å². The second-order valence-corrected chi connectivity index (χ2v) is 9.76. The number of phenols is 1. The second-order valence-electron chi connectivity index (χ2n) is 9.76. The zero-order valence-corrected chi connectivity index (χ0v) is 21.1. The van der Waals surface area contributed by atoms with Crippen LogP contribution in [0.3, 0.4) is 0 Å². The number of fused-ring (bicyclic) bond motifs is 1. The third-order valence-corrected chi connectivity index (χ3v) is 7.00. The highest BCUT2D eigenvalue weighted by atomic mass is 16.3. The number of carbonyl (C=O) groups excluding carboxylic acids is 1. The van der Waals surface area contributed by atoms with Crippen molar-refractivity contribution in [2.45, 2.75) is 58.5 Å². The molecule has 35 heavy (non-hydrogen) atoms. The Hall–Kier alpha value is -3.31. The van der Waals surface area contributed by atoms with Crippen molar-refractivity contribution in [2.24, 2.45) is 5.73 Å². The van der Waals surface area contributed by atoms with Gasteiger partial charge in [0, 0.05) is 18.8 Å². The number of aryl methyl sites for hydroxylation is 2. The maximum absolute atomic E-state index is 13.2. The summed E-state index contributed by atoms with van der Waals surface area (Å²) in [4.78, 5) is 15.6. The maximum Gasteiger partial charge on any atom is 0.237 e. The Morgan fingerprint density at radius 2 is 1.80 bits per heavy atom. The lowest BCUT2D eigenvalue weighted by atomic mass is 9.91. The molecule has 1 aliphatic rings. The lowest BCUT2D eigenvalue weighted by Gasteiger charge is -2.36. The van der Waals surface area contributed by atoms with Gasteiger partial charge in [0.2, 0.25) is 5.91 Å². The van der Waals surface area contributed by atoms with E-state index in [1.807, 2.05) is 19.9 Å². The summed E-state index contributed by atoms with van der Waals surface area (Å²) in [6, 6.07) is 19.9. The largest absolute Gasteiger partial charge is 0.508 e. The molecule has 4 rings (SSSR count). The normalized spacial score (nSPS) is 16.0. The lowest BCUT2D eigenvalue weighted by molar-refractivity contribution is -0.123. The topological polar surface area (TPSA) is 78.6 Å². The number of phenolic OH excluding ortho intramolecular Hbond substituents is 1. The molecule has 3 aromatic rings. The summed E-state index contributed by atoms with van der Waals surface area (Å²) in [6.45, 7) is 8.00. The van der Waals surface area contributed by atoms with Gasteiger partial charge >= 0.3 is 0 Å². The standard InChI is InChI=1S/C30H37N3O2/c1-4-13-33-14-12-28(26-18-23(10-11-29(26)33)17-22-8-6-5-7-9-22)32-30(35)27(31)19-25-20(2)15-24(34)16-21(25)3/h5-11,15-16,18,27-28,34H,4,12-14,17,19,31H2,1-3H3,(H,32,35). The molecule has 0 fully saturated rings. The Kier molecular flexibility index (Phi) is 7.76. The molecule has 184 valence electrons. The molecule has 0 aromatic heterocycles. The van der Waals surface area contributed by atoms with Crippen molar-refractivity contribution < 1.29 is 9.90 Å². The van der Waals surface area contributed by atoms with Gasteiger partial charge in [-0.25, -0.2) is 0 Å². The molecular formula is C30H37N3O2. The molecule has 0 spiro atoms. The van der Waals surface area contributed by atoms with Gasteiger partial charge in [-0.1, -0.05) is 49.4 Å². The predicted octanol–water partition coefficient (Wildman–Crippen LogP) is 4.95. The molecular weight excluding hydrogens is 434 g/mol. The molecule has 4 N–H and O–H groups in total. The summed E-state index contributed by atoms with van der Waals surface area (Å²) in [7, 11) is 0. The van der Waals surface area contributed by atoms with Crippen LogP contribution in [0.5, 0.6) is 5.75 Å². The van der Waals surface area contributed by atoms with E-state index in [2.05, 4.69) is 59.6 Å². The average Bonchev–Trinajstić information content (AvgIpc) is 2.83. The number of amides is 1. The Bertz CT molecular complexity index is 1150. The number of nitrogens with zero attached hydrogens (tertiary/aromatic N) is 1. The third-order valence-electron chi connectivity index (χ3n) is 7.00. The Morgan fingerprint density at radius 3 is 2.49 bits per heavy atom. The third kappa shape index (κ3) is 5.85. The highest BCUT2D eigenvalue weighted by molar-refractivity contribution is 5.83. The average molecular weight is 472 g/mol. The van der Waals surface area contributed by atoms with Crippen LogP contribution in [0.1, 0.15) is 59.2 Å². The Balaban J connectivity index is 1.54. The van der Waals surface area contributed by atoms with Crippen LogP contribution in [0.25, 0.3) is 0 Å². The Labute approximate surface area is 209 Å². The molecule has 2 unspecified atom stereocenters. The fraction of sp³-hybridized carbons (Fsp3) is 0.367. The molecule has 1 amide bonds.